The Hall–Kier alpha value is -0.930. The van der Waals surface area contributed by atoms with Gasteiger partial charge < -0.3 is 4.84 Å². The van der Waals surface area contributed by atoms with Crippen LogP contribution >= 0.6 is 0 Å². The van der Waals surface area contributed by atoms with E-state index in [9.17, 15) is 0 Å². The van der Waals surface area contributed by atoms with Crippen molar-refractivity contribution >= 4 is 0 Å². The molecule has 1 aromatic heterocycles. The maximum atomic E-state index is 5.32. The van der Waals surface area contributed by atoms with Crippen LogP contribution in [0.2, 0.25) is 0 Å². The molecule has 0 aliphatic heterocycles. The fourth-order valence-corrected chi connectivity index (χ4v) is 1.03. The molecule has 0 radical (unpaired) electrons. The first kappa shape index (κ1) is 11.1. The molecule has 1 aromatic rings. The number of nitrogens with one attached hydrogen (secondary N) is 1. The van der Waals surface area contributed by atoms with E-state index >= 15 is 0 Å². The molecule has 3 nitrogen and oxygen atoms in total. The molecule has 1 heterocycles. The van der Waals surface area contributed by atoms with Gasteiger partial charge in [-0.15, -0.1) is 0 Å². The third-order valence-electron chi connectivity index (χ3n) is 1.81. The minimum absolute atomic E-state index is 0.134. The van der Waals surface area contributed by atoms with Crippen LogP contribution in [0, 0.1) is 5.92 Å². The highest BCUT2D eigenvalue weighted by Gasteiger charge is 2.05. The molecule has 0 amide bonds. The van der Waals surface area contributed by atoms with Crippen LogP contribution in [-0.4, -0.2) is 11.6 Å². The summed E-state index contributed by atoms with van der Waals surface area (Å²) in [4.78, 5) is 9.56. The zero-order chi connectivity index (χ0) is 10.4. The molecule has 0 aromatic carbocycles. The Morgan fingerprint density at radius 2 is 2.14 bits per heavy atom. The molecule has 1 atom stereocenters. The lowest BCUT2D eigenvalue weighted by atomic mass is 10.2. The molecule has 1 unspecified atom stereocenters. The summed E-state index contributed by atoms with van der Waals surface area (Å²) >= 11 is 0. The standard InChI is InChI=1S/C11H18N2O/c1-9(2)8-14-13-10(3)11-6-4-5-7-12-11/h4-7,9-10,13H,8H2,1-3H3. The van der Waals surface area contributed by atoms with Gasteiger partial charge in [0.15, 0.2) is 0 Å². The molecule has 0 saturated carbocycles. The normalized spacial score (nSPS) is 13.1. The fourth-order valence-electron chi connectivity index (χ4n) is 1.03. The van der Waals surface area contributed by atoms with Gasteiger partial charge in [-0.05, 0) is 25.0 Å². The van der Waals surface area contributed by atoms with Crippen LogP contribution in [-0.2, 0) is 4.84 Å². The molecular weight excluding hydrogens is 176 g/mol. The van der Waals surface area contributed by atoms with Crippen LogP contribution in [0.25, 0.3) is 0 Å². The van der Waals surface area contributed by atoms with Gasteiger partial charge >= 0.3 is 0 Å². The van der Waals surface area contributed by atoms with Crippen LogP contribution in [0.15, 0.2) is 24.4 Å². The zero-order valence-corrected chi connectivity index (χ0v) is 9.03. The molecule has 3 heteroatoms. The molecule has 1 N–H and O–H groups in total. The van der Waals surface area contributed by atoms with Crippen LogP contribution in [0.4, 0.5) is 0 Å². The number of hydrogen-bond acceptors (Lipinski definition) is 3. The summed E-state index contributed by atoms with van der Waals surface area (Å²) in [5.74, 6) is 0.540. The number of hydrogen-bond donors (Lipinski definition) is 1. The molecule has 78 valence electrons. The predicted molar refractivity (Wildman–Crippen MR) is 56.6 cm³/mol. The largest absolute Gasteiger partial charge is 0.301 e. The Labute approximate surface area is 85.5 Å². The molecular formula is C11H18N2O. The summed E-state index contributed by atoms with van der Waals surface area (Å²) in [5.41, 5.74) is 3.96. The Morgan fingerprint density at radius 3 is 2.71 bits per heavy atom. The van der Waals surface area contributed by atoms with Crippen LogP contribution in [0.3, 0.4) is 0 Å². The third kappa shape index (κ3) is 3.85. The monoisotopic (exact) mass is 194 g/mol. The summed E-state index contributed by atoms with van der Waals surface area (Å²) in [5, 5.41) is 0. The Bertz CT molecular complexity index is 249. The smallest absolute Gasteiger partial charge is 0.0715 e. The Kier molecular flexibility index (Phi) is 4.56. The average Bonchev–Trinajstić information content (AvgIpc) is 2.18. The number of aromatic nitrogens is 1. The highest BCUT2D eigenvalue weighted by molar-refractivity contribution is 5.06. The summed E-state index contributed by atoms with van der Waals surface area (Å²) in [6, 6.07) is 6.00. The van der Waals surface area contributed by atoms with Gasteiger partial charge in [-0.25, -0.2) is 0 Å². The van der Waals surface area contributed by atoms with Gasteiger partial charge in [0.05, 0.1) is 18.3 Å². The van der Waals surface area contributed by atoms with Crippen molar-refractivity contribution < 1.29 is 4.84 Å². The van der Waals surface area contributed by atoms with Crippen LogP contribution in [0.1, 0.15) is 32.5 Å². The number of hydroxylamine groups is 1. The summed E-state index contributed by atoms with van der Waals surface area (Å²) < 4.78 is 0. The third-order valence-corrected chi connectivity index (χ3v) is 1.81. The van der Waals surface area contributed by atoms with E-state index in [0.717, 1.165) is 12.3 Å². The molecule has 0 fully saturated rings. The number of pyridine rings is 1. The minimum atomic E-state index is 0.134. The van der Waals surface area contributed by atoms with Crippen molar-refractivity contribution in [3.05, 3.63) is 30.1 Å². The van der Waals surface area contributed by atoms with E-state index in [2.05, 4.69) is 24.3 Å². The summed E-state index contributed by atoms with van der Waals surface area (Å²) in [6.07, 6.45) is 1.79. The SMILES string of the molecule is CC(C)CONC(C)c1ccccn1. The van der Waals surface area contributed by atoms with Crippen molar-refractivity contribution in [2.75, 3.05) is 6.61 Å². The maximum absolute atomic E-state index is 5.32. The first-order chi connectivity index (χ1) is 6.70. The van der Waals surface area contributed by atoms with Crippen LogP contribution in [0.5, 0.6) is 0 Å². The highest BCUT2D eigenvalue weighted by atomic mass is 16.6. The van der Waals surface area contributed by atoms with Crippen molar-refractivity contribution in [3.8, 4) is 0 Å². The van der Waals surface area contributed by atoms with Gasteiger partial charge in [-0.3, -0.25) is 4.98 Å². The van der Waals surface area contributed by atoms with Crippen molar-refractivity contribution in [3.63, 3.8) is 0 Å². The average molecular weight is 194 g/mol. The molecule has 0 aliphatic carbocycles. The second-order valence-electron chi connectivity index (χ2n) is 3.80. The molecule has 14 heavy (non-hydrogen) atoms. The second kappa shape index (κ2) is 5.73. The van der Waals surface area contributed by atoms with Gasteiger partial charge in [0.2, 0.25) is 0 Å². The number of rotatable bonds is 5. The summed E-state index contributed by atoms with van der Waals surface area (Å²) in [6.45, 7) is 6.99. The Balaban J connectivity index is 2.32. The first-order valence-electron chi connectivity index (χ1n) is 4.98. The van der Waals surface area contributed by atoms with E-state index in [0.29, 0.717) is 5.92 Å². The molecule has 0 spiro atoms. The van der Waals surface area contributed by atoms with E-state index in [1.54, 1.807) is 6.20 Å². The second-order valence-corrected chi connectivity index (χ2v) is 3.80. The van der Waals surface area contributed by atoms with E-state index in [1.807, 2.05) is 25.1 Å². The van der Waals surface area contributed by atoms with Crippen molar-refractivity contribution in [1.82, 2.24) is 10.5 Å². The summed E-state index contributed by atoms with van der Waals surface area (Å²) in [7, 11) is 0. The topological polar surface area (TPSA) is 34.1 Å². The van der Waals surface area contributed by atoms with Gasteiger partial charge in [-0.2, -0.15) is 5.48 Å². The number of nitrogens with zero attached hydrogens (tertiary/aromatic N) is 1. The molecule has 1 rings (SSSR count). The van der Waals surface area contributed by atoms with E-state index in [-0.39, 0.29) is 6.04 Å². The fraction of sp³-hybridized carbons (Fsp3) is 0.545. The predicted octanol–water partition coefficient (Wildman–Crippen LogP) is 2.32. The van der Waals surface area contributed by atoms with Gasteiger partial charge in [0.25, 0.3) is 0 Å². The van der Waals surface area contributed by atoms with Gasteiger partial charge in [0.1, 0.15) is 0 Å². The molecule has 0 saturated heterocycles. The molecule has 0 bridgehead atoms. The zero-order valence-electron chi connectivity index (χ0n) is 9.03. The lowest BCUT2D eigenvalue weighted by molar-refractivity contribution is 0.00328. The minimum Gasteiger partial charge on any atom is -0.301 e. The molecule has 0 aliphatic rings. The quantitative estimate of drug-likeness (QED) is 0.730. The maximum Gasteiger partial charge on any atom is 0.0715 e. The van der Waals surface area contributed by atoms with Crippen molar-refractivity contribution in [2.24, 2.45) is 5.92 Å². The van der Waals surface area contributed by atoms with Gasteiger partial charge in [-0.1, -0.05) is 19.9 Å². The van der Waals surface area contributed by atoms with Gasteiger partial charge in [0, 0.05) is 6.20 Å². The lowest BCUT2D eigenvalue weighted by Crippen LogP contribution is -2.22. The van der Waals surface area contributed by atoms with Crippen molar-refractivity contribution in [2.45, 2.75) is 26.8 Å². The highest BCUT2D eigenvalue weighted by Crippen LogP contribution is 2.07. The van der Waals surface area contributed by atoms with E-state index in [4.69, 9.17) is 4.84 Å². The van der Waals surface area contributed by atoms with E-state index in [1.165, 1.54) is 0 Å². The van der Waals surface area contributed by atoms with Crippen LogP contribution < -0.4 is 5.48 Å². The van der Waals surface area contributed by atoms with Crippen molar-refractivity contribution in [1.29, 1.82) is 0 Å². The van der Waals surface area contributed by atoms with E-state index < -0.39 is 0 Å². The Morgan fingerprint density at radius 1 is 1.36 bits per heavy atom. The first-order valence-corrected chi connectivity index (χ1v) is 4.98. The lowest BCUT2D eigenvalue weighted by Gasteiger charge is -2.14.